The molecule has 3 fully saturated rings. The van der Waals surface area contributed by atoms with Gasteiger partial charge in [0.25, 0.3) is 0 Å². The fourth-order valence-electron chi connectivity index (χ4n) is 9.93. The fourth-order valence-corrected chi connectivity index (χ4v) is 9.93. The van der Waals surface area contributed by atoms with Gasteiger partial charge in [-0.05, 0) is 87.1 Å². The van der Waals surface area contributed by atoms with E-state index >= 15 is 0 Å². The van der Waals surface area contributed by atoms with Crippen LogP contribution in [0, 0.1) is 23.7 Å². The molecule has 3 aliphatic rings. The highest BCUT2D eigenvalue weighted by Crippen LogP contribution is 2.23. The summed E-state index contributed by atoms with van der Waals surface area (Å²) in [5, 5.41) is 32.1. The maximum absolute atomic E-state index is 14.8. The van der Waals surface area contributed by atoms with Gasteiger partial charge in [-0.2, -0.15) is 0 Å². The van der Waals surface area contributed by atoms with Gasteiger partial charge in [-0.25, -0.2) is 4.79 Å². The lowest BCUT2D eigenvalue weighted by atomic mass is 9.94. The summed E-state index contributed by atoms with van der Waals surface area (Å²) in [7, 11) is 0. The smallest absolute Gasteiger partial charge is 0.326 e. The van der Waals surface area contributed by atoms with Crippen LogP contribution in [-0.4, -0.2) is 167 Å². The quantitative estimate of drug-likeness (QED) is 0.0275. The van der Waals surface area contributed by atoms with Gasteiger partial charge in [-0.3, -0.25) is 48.1 Å². The Kier molecular flexibility index (Phi) is 25.2. The molecule has 3 saturated heterocycles. The molecule has 24 nitrogen and oxygen atoms in total. The number of likely N-dealkylation sites (tertiary alicyclic amines) is 2. The van der Waals surface area contributed by atoms with Crippen molar-refractivity contribution in [1.82, 2.24) is 52.3 Å². The molecule has 3 aliphatic heterocycles. The molecule has 9 amide bonds. The summed E-state index contributed by atoms with van der Waals surface area (Å²) in [6, 6.07) is -0.248. The second-order valence-corrected chi connectivity index (χ2v) is 21.6. The van der Waals surface area contributed by atoms with E-state index in [4.69, 9.17) is 11.5 Å². The van der Waals surface area contributed by atoms with Gasteiger partial charge in [0.1, 0.15) is 48.3 Å². The second-order valence-electron chi connectivity index (χ2n) is 21.6. The first-order chi connectivity index (χ1) is 37.0. The van der Waals surface area contributed by atoms with E-state index < -0.39 is 132 Å². The van der Waals surface area contributed by atoms with Gasteiger partial charge in [-0.1, -0.05) is 98.6 Å². The number of hydrogen-bond acceptors (Lipinski definition) is 12. The van der Waals surface area contributed by atoms with Gasteiger partial charge in [-0.15, -0.1) is 0 Å². The molecule has 3 heterocycles. The molecule has 4 rings (SSSR count). The van der Waals surface area contributed by atoms with E-state index in [1.165, 1.54) is 9.80 Å². The van der Waals surface area contributed by atoms with Crippen molar-refractivity contribution in [2.45, 2.75) is 180 Å². The average Bonchev–Trinajstić information content (AvgIpc) is 4.23. The third-order valence-electron chi connectivity index (χ3n) is 15.0. The summed E-state index contributed by atoms with van der Waals surface area (Å²) in [4.78, 5) is 144. The number of benzene rings is 1. The first kappa shape index (κ1) is 63.7. The maximum atomic E-state index is 14.8. The number of amides is 9. The molecule has 0 saturated carbocycles. The molecule has 0 aliphatic carbocycles. The Morgan fingerprint density at radius 1 is 0.641 bits per heavy atom. The third kappa shape index (κ3) is 18.4. The first-order valence-electron chi connectivity index (χ1n) is 27.7. The molecule has 78 heavy (non-hydrogen) atoms. The van der Waals surface area contributed by atoms with Crippen molar-refractivity contribution < 1.29 is 53.1 Å². The summed E-state index contributed by atoms with van der Waals surface area (Å²) >= 11 is 0. The number of nitrogens with one attached hydrogen (secondary N) is 8. The standard InChI is InChI=1S/C54H87N13O11/c1-9-32(7)43(51(75)65-44(33(8)10-2)50(74)63-42(31(5)6)53(77)78)64-48(72)39-23-17-27-67(39)52(76)37(28-34-18-12-11-13-19-34)61-47(71)38-22-16-26-66(38)40(68)29-59-45(69)36(21-15-25-58-54(55)56)60-49(73)41(30(3)4)62-46(70)35-20-14-24-57-35/h11-13,18-19,30-33,35-39,41-44,57H,9-10,14-17,20-29H2,1-8H3,(H,59,69)(H,60,73)(H,61,71)(H,62,70)(H,63,74)(H,64,72)(H,65,75)(H,77,78)(H4,55,56,58)/t32-,33-,35-,36-,37-,38-,39-,41-,42-,43-,44-/m0/s1. The Bertz CT molecular complexity index is 2270. The van der Waals surface area contributed by atoms with E-state index in [2.05, 4.69) is 47.5 Å². The molecule has 0 spiro atoms. The van der Waals surface area contributed by atoms with Crippen LogP contribution in [0.25, 0.3) is 0 Å². The van der Waals surface area contributed by atoms with Gasteiger partial charge in [0.05, 0.1) is 12.6 Å². The molecule has 13 N–H and O–H groups in total. The summed E-state index contributed by atoms with van der Waals surface area (Å²) < 4.78 is 0. The van der Waals surface area contributed by atoms with E-state index in [1.54, 1.807) is 71.9 Å². The average molecular weight is 1090 g/mol. The van der Waals surface area contributed by atoms with Crippen LogP contribution >= 0.6 is 0 Å². The molecule has 1 aromatic carbocycles. The molecule has 0 aromatic heterocycles. The summed E-state index contributed by atoms with van der Waals surface area (Å²) in [5.41, 5.74) is 11.7. The number of carbonyl (C=O) groups is 10. The lowest BCUT2D eigenvalue weighted by Crippen LogP contribution is -2.61. The Morgan fingerprint density at radius 2 is 1.18 bits per heavy atom. The molecule has 11 atom stereocenters. The van der Waals surface area contributed by atoms with Gasteiger partial charge in [0.15, 0.2) is 5.96 Å². The lowest BCUT2D eigenvalue weighted by Gasteiger charge is -2.33. The highest BCUT2D eigenvalue weighted by Gasteiger charge is 2.43. The van der Waals surface area contributed by atoms with E-state index in [-0.39, 0.29) is 69.5 Å². The Morgan fingerprint density at radius 3 is 1.73 bits per heavy atom. The monoisotopic (exact) mass is 1090 g/mol. The number of aliphatic imine (C=N–C) groups is 1. The fraction of sp³-hybridized carbons (Fsp3) is 0.685. The summed E-state index contributed by atoms with van der Waals surface area (Å²) in [6.07, 6.45) is 4.18. The highest BCUT2D eigenvalue weighted by atomic mass is 16.4. The third-order valence-corrected chi connectivity index (χ3v) is 15.0. The van der Waals surface area contributed by atoms with Crippen molar-refractivity contribution >= 4 is 65.1 Å². The molecule has 434 valence electrons. The van der Waals surface area contributed by atoms with Crippen LogP contribution in [0.2, 0.25) is 0 Å². The van der Waals surface area contributed by atoms with Crippen LogP contribution in [0.4, 0.5) is 0 Å². The topological polar surface area (TPSA) is 358 Å². The van der Waals surface area contributed by atoms with Crippen LogP contribution < -0.4 is 54.0 Å². The van der Waals surface area contributed by atoms with Crippen LogP contribution in [0.1, 0.15) is 125 Å². The molecule has 0 bridgehead atoms. The molecular formula is C54H87N13O11. The molecule has 0 radical (unpaired) electrons. The van der Waals surface area contributed by atoms with Crippen LogP contribution in [0.15, 0.2) is 35.3 Å². The zero-order chi connectivity index (χ0) is 57.8. The lowest BCUT2D eigenvalue weighted by molar-refractivity contribution is -0.144. The zero-order valence-corrected chi connectivity index (χ0v) is 46.7. The van der Waals surface area contributed by atoms with Crippen LogP contribution in [-0.2, 0) is 54.4 Å². The Labute approximate surface area is 458 Å². The molecular weight excluding hydrogens is 1010 g/mol. The first-order valence-corrected chi connectivity index (χ1v) is 27.7. The maximum Gasteiger partial charge on any atom is 0.326 e. The molecule has 24 heteroatoms. The number of nitrogens with two attached hydrogens (primary N) is 2. The van der Waals surface area contributed by atoms with Crippen molar-refractivity contribution in [3.05, 3.63) is 35.9 Å². The second kappa shape index (κ2) is 30.9. The Balaban J connectivity index is 1.48. The number of guanidine groups is 1. The predicted octanol–water partition coefficient (Wildman–Crippen LogP) is -0.470. The van der Waals surface area contributed by atoms with Gasteiger partial charge in [0.2, 0.25) is 53.2 Å². The van der Waals surface area contributed by atoms with Crippen molar-refractivity contribution in [3.8, 4) is 0 Å². The number of nitrogens with zero attached hydrogens (tertiary/aromatic N) is 3. The van der Waals surface area contributed by atoms with Gasteiger partial charge < -0.3 is 68.9 Å². The van der Waals surface area contributed by atoms with Crippen LogP contribution in [0.5, 0.6) is 0 Å². The number of aliphatic carboxylic acids is 1. The predicted molar refractivity (Wildman–Crippen MR) is 291 cm³/mol. The van der Waals surface area contributed by atoms with Crippen LogP contribution in [0.3, 0.4) is 0 Å². The molecule has 1 aromatic rings. The van der Waals surface area contributed by atoms with E-state index in [0.29, 0.717) is 44.2 Å². The van der Waals surface area contributed by atoms with Gasteiger partial charge >= 0.3 is 5.97 Å². The van der Waals surface area contributed by atoms with Crippen molar-refractivity contribution in [3.63, 3.8) is 0 Å². The number of carbonyl (C=O) groups excluding carboxylic acids is 9. The van der Waals surface area contributed by atoms with Crippen molar-refractivity contribution in [2.75, 3.05) is 32.7 Å². The summed E-state index contributed by atoms with van der Waals surface area (Å²) in [5.74, 6) is -8.21. The normalized spacial score (nSPS) is 20.2. The minimum absolute atomic E-state index is 0.0403. The minimum atomic E-state index is -1.21. The number of hydrogen-bond donors (Lipinski definition) is 11. The van der Waals surface area contributed by atoms with E-state index in [0.717, 1.165) is 6.42 Å². The Hall–Kier alpha value is -6.85. The van der Waals surface area contributed by atoms with E-state index in [1.807, 2.05) is 13.8 Å². The SMILES string of the molecule is CC[C@H](C)[C@H](NC(=O)[C@@H](NC(=O)[C@@H]1CCCN1C(=O)[C@H](Cc1ccccc1)NC(=O)[C@@H]1CCCN1C(=O)CNC(=O)[C@H](CCCN=C(N)N)NC(=O)[C@@H](NC(=O)[C@@H]1CCCN1)C(C)C)[C@@H](C)CC)C(=O)N[C@H](C(=O)O)C(C)C. The number of rotatable bonds is 29. The summed E-state index contributed by atoms with van der Waals surface area (Å²) in [6.45, 7) is 14.7. The van der Waals surface area contributed by atoms with Gasteiger partial charge in [0, 0.05) is 26.1 Å². The minimum Gasteiger partial charge on any atom is -0.480 e. The van der Waals surface area contributed by atoms with E-state index in [9.17, 15) is 53.1 Å². The number of carboxylic acids is 1. The van der Waals surface area contributed by atoms with Crippen molar-refractivity contribution in [1.29, 1.82) is 0 Å². The van der Waals surface area contributed by atoms with Crippen molar-refractivity contribution in [2.24, 2.45) is 40.1 Å². The highest BCUT2D eigenvalue weighted by molar-refractivity contribution is 5.98. The zero-order valence-electron chi connectivity index (χ0n) is 46.7. The molecule has 0 unspecified atom stereocenters. The largest absolute Gasteiger partial charge is 0.480 e. The number of carboxylic acid groups (broad SMARTS) is 1.